The van der Waals surface area contributed by atoms with Crippen LogP contribution in [0.2, 0.25) is 0 Å². The molecule has 0 fully saturated rings. The van der Waals surface area contributed by atoms with E-state index in [0.29, 0.717) is 0 Å². The molecule has 3 nitrogen and oxygen atoms in total. The Labute approximate surface area is 147 Å². The van der Waals surface area contributed by atoms with E-state index in [1.807, 2.05) is 24.3 Å². The van der Waals surface area contributed by atoms with E-state index in [0.717, 1.165) is 47.2 Å². The number of aryl methyl sites for hydroxylation is 2. The van der Waals surface area contributed by atoms with Crippen molar-refractivity contribution in [3.8, 4) is 0 Å². The predicted molar refractivity (Wildman–Crippen MR) is 101 cm³/mol. The number of rotatable bonds is 3. The van der Waals surface area contributed by atoms with Crippen LogP contribution in [0.5, 0.6) is 0 Å². The van der Waals surface area contributed by atoms with Crippen molar-refractivity contribution in [3.63, 3.8) is 0 Å². The zero-order valence-electron chi connectivity index (χ0n) is 14.3. The molecule has 2 aromatic carbocycles. The summed E-state index contributed by atoms with van der Waals surface area (Å²) in [5.41, 5.74) is 5.73. The molecule has 25 heavy (non-hydrogen) atoms. The molecule has 0 radical (unpaired) electrons. The number of fused-ring (bicyclic) bond motifs is 2. The van der Waals surface area contributed by atoms with E-state index in [1.54, 1.807) is 0 Å². The molecule has 1 N–H and O–H groups in total. The maximum absolute atomic E-state index is 12.8. The third-order valence-electron chi connectivity index (χ3n) is 5.03. The molecule has 0 saturated carbocycles. The van der Waals surface area contributed by atoms with Gasteiger partial charge in [0.05, 0.1) is 6.61 Å². The smallest absolute Gasteiger partial charge is 0.189 e. The second-order valence-corrected chi connectivity index (χ2v) is 6.57. The van der Waals surface area contributed by atoms with Gasteiger partial charge in [0, 0.05) is 34.8 Å². The molecule has 1 aliphatic rings. The van der Waals surface area contributed by atoms with Crippen LogP contribution in [0, 0.1) is 0 Å². The molecule has 0 amide bonds. The highest BCUT2D eigenvalue weighted by atomic mass is 16.3. The molecule has 3 aromatic rings. The Morgan fingerprint density at radius 2 is 2.00 bits per heavy atom. The number of aliphatic hydroxyl groups excluding tert-OH is 1. The number of nitrogens with zero attached hydrogens (tertiary/aromatic N) is 1. The predicted octanol–water partition coefficient (Wildman–Crippen LogP) is 4.37. The quantitative estimate of drug-likeness (QED) is 0.724. The highest BCUT2D eigenvalue weighted by Gasteiger charge is 2.22. The minimum atomic E-state index is -0.0370. The third kappa shape index (κ3) is 2.81. The van der Waals surface area contributed by atoms with Crippen molar-refractivity contribution in [2.45, 2.75) is 32.9 Å². The van der Waals surface area contributed by atoms with E-state index in [9.17, 15) is 9.90 Å². The van der Waals surface area contributed by atoms with Crippen LogP contribution < -0.4 is 0 Å². The van der Waals surface area contributed by atoms with Gasteiger partial charge in [0.25, 0.3) is 0 Å². The molecule has 1 heterocycles. The second kappa shape index (κ2) is 6.34. The van der Waals surface area contributed by atoms with E-state index < -0.39 is 0 Å². The van der Waals surface area contributed by atoms with Crippen LogP contribution in [0.4, 0.5) is 0 Å². The van der Waals surface area contributed by atoms with Gasteiger partial charge in [-0.1, -0.05) is 18.2 Å². The van der Waals surface area contributed by atoms with Crippen LogP contribution in [-0.4, -0.2) is 15.5 Å². The first-order valence-electron chi connectivity index (χ1n) is 8.76. The number of carbonyl (C=O) groups excluding carboxylic acids is 1. The molecule has 4 rings (SSSR count). The number of hydrogen-bond acceptors (Lipinski definition) is 2. The highest BCUT2D eigenvalue weighted by molar-refractivity contribution is 6.13. The van der Waals surface area contributed by atoms with Gasteiger partial charge < -0.3 is 9.67 Å². The lowest BCUT2D eigenvalue weighted by atomic mass is 9.85. The Balaban J connectivity index is 1.70. The topological polar surface area (TPSA) is 42.2 Å². The number of aliphatic hydroxyl groups is 1. The van der Waals surface area contributed by atoms with E-state index in [-0.39, 0.29) is 12.4 Å². The second-order valence-electron chi connectivity index (χ2n) is 6.57. The average Bonchev–Trinajstić information content (AvgIpc) is 3.06. The van der Waals surface area contributed by atoms with Crippen molar-refractivity contribution >= 4 is 22.8 Å². The van der Waals surface area contributed by atoms with Crippen LogP contribution in [0.1, 0.15) is 40.4 Å². The number of aromatic nitrogens is 1. The molecule has 0 saturated heterocycles. The Morgan fingerprint density at radius 3 is 2.80 bits per heavy atom. The first-order chi connectivity index (χ1) is 12.2. The van der Waals surface area contributed by atoms with Crippen molar-refractivity contribution < 1.29 is 9.90 Å². The van der Waals surface area contributed by atoms with Gasteiger partial charge in [0.2, 0.25) is 0 Å². The summed E-state index contributed by atoms with van der Waals surface area (Å²) in [6.07, 6.45) is 5.74. The van der Waals surface area contributed by atoms with Gasteiger partial charge >= 0.3 is 0 Å². The van der Waals surface area contributed by atoms with E-state index in [1.165, 1.54) is 10.9 Å². The monoisotopic (exact) mass is 331 g/mol. The lowest BCUT2D eigenvalue weighted by molar-refractivity contribution is 0.102. The van der Waals surface area contributed by atoms with Gasteiger partial charge in [-0.25, -0.2) is 0 Å². The van der Waals surface area contributed by atoms with Gasteiger partial charge in [-0.15, -0.1) is 0 Å². The van der Waals surface area contributed by atoms with Crippen molar-refractivity contribution in [1.82, 2.24) is 4.57 Å². The summed E-state index contributed by atoms with van der Waals surface area (Å²) in [6, 6.07) is 14.1. The summed E-state index contributed by atoms with van der Waals surface area (Å²) in [5, 5.41) is 10.5. The van der Waals surface area contributed by atoms with E-state index in [4.69, 9.17) is 0 Å². The SMILES string of the molecule is CCn1ccc2cc(/C=C3\CCc4ccc(CO)cc4C3=O)ccc21. The van der Waals surface area contributed by atoms with Crippen LogP contribution >= 0.6 is 0 Å². The number of ketones is 1. The lowest BCUT2D eigenvalue weighted by Crippen LogP contribution is -2.14. The first-order valence-corrected chi connectivity index (χ1v) is 8.76. The summed E-state index contributed by atoms with van der Waals surface area (Å²) in [5.74, 6) is 0.0859. The minimum absolute atomic E-state index is 0.0370. The van der Waals surface area contributed by atoms with E-state index >= 15 is 0 Å². The largest absolute Gasteiger partial charge is 0.392 e. The van der Waals surface area contributed by atoms with Gasteiger partial charge in [0.15, 0.2) is 5.78 Å². The standard InChI is InChI=1S/C22H21NO2/c1-2-23-10-9-18-11-15(4-8-21(18)23)12-19-7-6-17-5-3-16(14-24)13-20(17)22(19)25/h3-5,8-13,24H,2,6-7,14H2,1H3/b19-12+. The zero-order valence-corrected chi connectivity index (χ0v) is 14.3. The Kier molecular flexibility index (Phi) is 4.02. The molecule has 1 aliphatic carbocycles. The maximum atomic E-state index is 12.8. The van der Waals surface area contributed by atoms with Crippen LogP contribution in [0.25, 0.3) is 17.0 Å². The molecule has 0 unspecified atom stereocenters. The number of hydrogen-bond donors (Lipinski definition) is 1. The first kappa shape index (κ1) is 15.9. The van der Waals surface area contributed by atoms with Crippen molar-refractivity contribution in [2.24, 2.45) is 0 Å². The Morgan fingerprint density at radius 1 is 1.12 bits per heavy atom. The average molecular weight is 331 g/mol. The van der Waals surface area contributed by atoms with Crippen molar-refractivity contribution in [1.29, 1.82) is 0 Å². The molecular formula is C22H21NO2. The zero-order chi connectivity index (χ0) is 17.4. The molecule has 0 aliphatic heterocycles. The maximum Gasteiger partial charge on any atom is 0.189 e. The summed E-state index contributed by atoms with van der Waals surface area (Å²) >= 11 is 0. The number of benzene rings is 2. The van der Waals surface area contributed by atoms with Gasteiger partial charge in [0.1, 0.15) is 0 Å². The van der Waals surface area contributed by atoms with Crippen LogP contribution in [-0.2, 0) is 19.6 Å². The molecular weight excluding hydrogens is 310 g/mol. The van der Waals surface area contributed by atoms with Gasteiger partial charge in [-0.2, -0.15) is 0 Å². The number of carbonyl (C=O) groups is 1. The summed E-state index contributed by atoms with van der Waals surface area (Å²) in [7, 11) is 0. The van der Waals surface area contributed by atoms with Crippen LogP contribution in [0.3, 0.4) is 0 Å². The van der Waals surface area contributed by atoms with Crippen LogP contribution in [0.15, 0.2) is 54.2 Å². The molecule has 0 spiro atoms. The summed E-state index contributed by atoms with van der Waals surface area (Å²) in [6.45, 7) is 3.05. The molecule has 126 valence electrons. The highest BCUT2D eigenvalue weighted by Crippen LogP contribution is 2.28. The van der Waals surface area contributed by atoms with E-state index in [2.05, 4.69) is 42.0 Å². The normalized spacial score (nSPS) is 15.8. The molecule has 0 bridgehead atoms. The fraction of sp³-hybridized carbons (Fsp3) is 0.227. The number of Topliss-reactive ketones (excluding diaryl/α,β-unsaturated/α-hetero) is 1. The summed E-state index contributed by atoms with van der Waals surface area (Å²) < 4.78 is 2.21. The van der Waals surface area contributed by atoms with Gasteiger partial charge in [-0.3, -0.25) is 4.79 Å². The minimum Gasteiger partial charge on any atom is -0.392 e. The fourth-order valence-corrected chi connectivity index (χ4v) is 3.63. The van der Waals surface area contributed by atoms with Gasteiger partial charge in [-0.05, 0) is 66.8 Å². The van der Waals surface area contributed by atoms with Crippen molar-refractivity contribution in [2.75, 3.05) is 0 Å². The molecule has 3 heteroatoms. The molecule has 1 aromatic heterocycles. The lowest BCUT2D eigenvalue weighted by Gasteiger charge is -2.18. The summed E-state index contributed by atoms with van der Waals surface area (Å²) in [4.78, 5) is 12.8. The Hall–Kier alpha value is -2.65. The fourth-order valence-electron chi connectivity index (χ4n) is 3.63. The third-order valence-corrected chi connectivity index (χ3v) is 5.03. The van der Waals surface area contributed by atoms with Crippen molar-refractivity contribution in [3.05, 3.63) is 76.5 Å². The Bertz CT molecular complexity index is 994. The molecule has 0 atom stereocenters. The number of allylic oxidation sites excluding steroid dienone is 1.